The van der Waals surface area contributed by atoms with Crippen LogP contribution in [0.4, 0.5) is 0 Å². The molecule has 0 bridgehead atoms. The monoisotopic (exact) mass is 308 g/mol. The Morgan fingerprint density at radius 3 is 2.55 bits per heavy atom. The fraction of sp³-hybridized carbons (Fsp3) is 0.333. The molecule has 0 aliphatic carbocycles. The number of hydrogen-bond donors (Lipinski definition) is 4. The molecule has 0 aliphatic heterocycles. The van der Waals surface area contributed by atoms with E-state index in [1.54, 1.807) is 18.2 Å². The van der Waals surface area contributed by atoms with Crippen molar-refractivity contribution in [2.75, 3.05) is 6.54 Å². The highest BCUT2D eigenvalue weighted by Crippen LogP contribution is 2.17. The number of aliphatic carboxylic acids is 1. The van der Waals surface area contributed by atoms with Crippen LogP contribution in [0.3, 0.4) is 0 Å². The van der Waals surface area contributed by atoms with Crippen molar-refractivity contribution in [2.45, 2.75) is 25.3 Å². The second-order valence-corrected chi connectivity index (χ2v) is 4.71. The molecule has 2 aromatic rings. The SMILES string of the molecule is NCCCCC(N)C(=O)O.O=c1ccc2ccc(O)cc2o1. The highest BCUT2D eigenvalue weighted by Gasteiger charge is 2.09. The van der Waals surface area contributed by atoms with Gasteiger partial charge in [-0.05, 0) is 37.6 Å². The van der Waals surface area contributed by atoms with Gasteiger partial charge in [0.25, 0.3) is 0 Å². The molecule has 22 heavy (non-hydrogen) atoms. The van der Waals surface area contributed by atoms with Crippen molar-refractivity contribution in [3.8, 4) is 5.75 Å². The average molecular weight is 308 g/mol. The van der Waals surface area contributed by atoms with Gasteiger partial charge in [0.05, 0.1) is 0 Å². The van der Waals surface area contributed by atoms with Crippen LogP contribution in [0.15, 0.2) is 39.5 Å². The fourth-order valence-corrected chi connectivity index (χ4v) is 1.68. The van der Waals surface area contributed by atoms with Crippen molar-refractivity contribution >= 4 is 16.9 Å². The van der Waals surface area contributed by atoms with Crippen molar-refractivity contribution in [3.05, 3.63) is 40.8 Å². The Kier molecular flexibility index (Phi) is 7.07. The van der Waals surface area contributed by atoms with Gasteiger partial charge in [0.15, 0.2) is 0 Å². The van der Waals surface area contributed by atoms with Gasteiger partial charge >= 0.3 is 11.6 Å². The Bertz CT molecular complexity index is 668. The average Bonchev–Trinajstić information content (AvgIpc) is 2.47. The van der Waals surface area contributed by atoms with E-state index in [1.165, 1.54) is 12.1 Å². The second kappa shape index (κ2) is 8.81. The summed E-state index contributed by atoms with van der Waals surface area (Å²) in [6.45, 7) is 0.604. The van der Waals surface area contributed by atoms with Gasteiger partial charge in [-0.25, -0.2) is 4.79 Å². The first-order valence-electron chi connectivity index (χ1n) is 6.85. The Morgan fingerprint density at radius 1 is 1.23 bits per heavy atom. The van der Waals surface area contributed by atoms with E-state index in [-0.39, 0.29) is 5.75 Å². The maximum atomic E-state index is 10.7. The van der Waals surface area contributed by atoms with Crippen LogP contribution >= 0.6 is 0 Å². The smallest absolute Gasteiger partial charge is 0.336 e. The molecule has 1 heterocycles. The third kappa shape index (κ3) is 5.94. The van der Waals surface area contributed by atoms with Crippen molar-refractivity contribution in [1.82, 2.24) is 0 Å². The molecule has 1 aromatic heterocycles. The lowest BCUT2D eigenvalue weighted by atomic mass is 10.1. The predicted octanol–water partition coefficient (Wildman–Crippen LogP) is 1.03. The lowest BCUT2D eigenvalue weighted by Crippen LogP contribution is -2.29. The molecule has 6 N–H and O–H groups in total. The molecule has 1 unspecified atom stereocenters. The summed E-state index contributed by atoms with van der Waals surface area (Å²) in [6, 6.07) is 6.93. The van der Waals surface area contributed by atoms with Gasteiger partial charge in [0.1, 0.15) is 17.4 Å². The standard InChI is InChI=1S/C9H6O3.C6H14N2O2/c10-7-3-1-6-2-4-9(11)12-8(6)5-7;7-4-2-1-3-5(8)6(9)10/h1-5,10H;5H,1-4,7-8H2,(H,9,10). The van der Waals surface area contributed by atoms with Crippen LogP contribution < -0.4 is 17.1 Å². The Labute approximate surface area is 127 Å². The van der Waals surface area contributed by atoms with Crippen LogP contribution in [0, 0.1) is 0 Å². The molecule has 1 atom stereocenters. The molecular weight excluding hydrogens is 288 g/mol. The molecule has 0 aliphatic rings. The van der Waals surface area contributed by atoms with E-state index in [2.05, 4.69) is 0 Å². The highest BCUT2D eigenvalue weighted by atomic mass is 16.4. The Morgan fingerprint density at radius 2 is 1.91 bits per heavy atom. The van der Waals surface area contributed by atoms with E-state index in [0.717, 1.165) is 18.2 Å². The molecule has 1 aromatic carbocycles. The zero-order valence-corrected chi connectivity index (χ0v) is 12.1. The number of benzene rings is 1. The molecule has 0 saturated carbocycles. The zero-order valence-electron chi connectivity index (χ0n) is 12.1. The van der Waals surface area contributed by atoms with Crippen LogP contribution in [-0.4, -0.2) is 28.8 Å². The number of carboxylic acids is 1. The summed E-state index contributed by atoms with van der Waals surface area (Å²) in [5.74, 6) is -0.839. The van der Waals surface area contributed by atoms with Gasteiger partial charge in [0.2, 0.25) is 0 Å². The van der Waals surface area contributed by atoms with Gasteiger partial charge < -0.3 is 26.1 Å². The molecule has 0 fully saturated rings. The number of phenols is 1. The van der Waals surface area contributed by atoms with Crippen LogP contribution in [0.2, 0.25) is 0 Å². The molecule has 0 amide bonds. The van der Waals surface area contributed by atoms with Crippen molar-refractivity contribution < 1.29 is 19.4 Å². The van der Waals surface area contributed by atoms with Crippen LogP contribution in [0.1, 0.15) is 19.3 Å². The summed E-state index contributed by atoms with van der Waals surface area (Å²) in [4.78, 5) is 20.9. The minimum absolute atomic E-state index is 0.0943. The molecule has 2 rings (SSSR count). The number of fused-ring (bicyclic) bond motifs is 1. The molecular formula is C15H20N2O5. The Balaban J connectivity index is 0.000000225. The maximum Gasteiger partial charge on any atom is 0.336 e. The Hall–Kier alpha value is -2.38. The number of carbonyl (C=O) groups is 1. The van der Waals surface area contributed by atoms with Crippen LogP contribution in [0.25, 0.3) is 11.0 Å². The third-order valence-corrected chi connectivity index (χ3v) is 2.89. The third-order valence-electron chi connectivity index (χ3n) is 2.89. The quantitative estimate of drug-likeness (QED) is 0.477. The van der Waals surface area contributed by atoms with Crippen LogP contribution in [-0.2, 0) is 4.79 Å². The minimum Gasteiger partial charge on any atom is -0.508 e. The van der Waals surface area contributed by atoms with Crippen molar-refractivity contribution in [2.24, 2.45) is 11.5 Å². The number of aromatic hydroxyl groups is 1. The summed E-state index contributed by atoms with van der Waals surface area (Å²) in [6.07, 6.45) is 2.16. The molecule has 7 heteroatoms. The molecule has 0 spiro atoms. The number of nitrogens with two attached hydrogens (primary N) is 2. The van der Waals surface area contributed by atoms with E-state index in [0.29, 0.717) is 18.5 Å². The summed E-state index contributed by atoms with van der Waals surface area (Å²) in [7, 11) is 0. The largest absolute Gasteiger partial charge is 0.508 e. The zero-order chi connectivity index (χ0) is 16.5. The normalized spacial score (nSPS) is 11.5. The van der Waals surface area contributed by atoms with E-state index in [1.807, 2.05) is 0 Å². The molecule has 120 valence electrons. The molecule has 0 saturated heterocycles. The topological polar surface area (TPSA) is 140 Å². The maximum absolute atomic E-state index is 10.7. The summed E-state index contributed by atoms with van der Waals surface area (Å²) in [5.41, 5.74) is 10.4. The van der Waals surface area contributed by atoms with Gasteiger partial charge in [-0.1, -0.05) is 6.42 Å². The van der Waals surface area contributed by atoms with Gasteiger partial charge in [-0.2, -0.15) is 0 Å². The lowest BCUT2D eigenvalue weighted by Gasteiger charge is -2.03. The van der Waals surface area contributed by atoms with E-state index < -0.39 is 17.6 Å². The highest BCUT2D eigenvalue weighted by molar-refractivity contribution is 5.77. The first kappa shape index (κ1) is 17.7. The van der Waals surface area contributed by atoms with Gasteiger partial charge in [0, 0.05) is 17.5 Å². The van der Waals surface area contributed by atoms with Gasteiger partial charge in [-0.15, -0.1) is 0 Å². The first-order chi connectivity index (χ1) is 10.4. The van der Waals surface area contributed by atoms with Gasteiger partial charge in [-0.3, -0.25) is 4.79 Å². The molecule has 0 radical (unpaired) electrons. The van der Waals surface area contributed by atoms with Crippen molar-refractivity contribution in [3.63, 3.8) is 0 Å². The number of carboxylic acid groups (broad SMARTS) is 1. The summed E-state index contributed by atoms with van der Waals surface area (Å²) in [5, 5.41) is 18.2. The summed E-state index contributed by atoms with van der Waals surface area (Å²) >= 11 is 0. The number of unbranched alkanes of at least 4 members (excludes halogenated alkanes) is 1. The van der Waals surface area contributed by atoms with E-state index in [4.69, 9.17) is 26.1 Å². The van der Waals surface area contributed by atoms with E-state index >= 15 is 0 Å². The first-order valence-corrected chi connectivity index (χ1v) is 6.85. The number of hydrogen-bond acceptors (Lipinski definition) is 6. The predicted molar refractivity (Wildman–Crippen MR) is 82.7 cm³/mol. The van der Waals surface area contributed by atoms with Crippen molar-refractivity contribution in [1.29, 1.82) is 0 Å². The lowest BCUT2D eigenvalue weighted by molar-refractivity contribution is -0.138. The summed E-state index contributed by atoms with van der Waals surface area (Å²) < 4.78 is 4.83. The number of phenolic OH excluding ortho intramolecular Hbond substituents is 1. The van der Waals surface area contributed by atoms with Crippen LogP contribution in [0.5, 0.6) is 5.75 Å². The number of rotatable bonds is 5. The van der Waals surface area contributed by atoms with E-state index in [9.17, 15) is 9.59 Å². The minimum atomic E-state index is -0.933. The fourth-order valence-electron chi connectivity index (χ4n) is 1.68. The molecule has 7 nitrogen and oxygen atoms in total. The second-order valence-electron chi connectivity index (χ2n) is 4.71.